The molecule has 0 amide bonds. The fraction of sp³-hybridized carbons (Fsp3) is 0.720. The van der Waals surface area contributed by atoms with Gasteiger partial charge in [0.05, 0.1) is 12.2 Å². The summed E-state index contributed by atoms with van der Waals surface area (Å²) in [5.41, 5.74) is 0.251. The van der Waals surface area contributed by atoms with E-state index in [0.717, 1.165) is 49.7 Å². The van der Waals surface area contributed by atoms with E-state index >= 15 is 0 Å². The average molecular weight is 438 g/mol. The molecule has 0 spiro atoms. The highest BCUT2D eigenvalue weighted by Gasteiger charge is 2.40. The quantitative estimate of drug-likeness (QED) is 0.550. The molecule has 2 aliphatic carbocycles. The predicted molar refractivity (Wildman–Crippen MR) is 115 cm³/mol. The lowest BCUT2D eigenvalue weighted by molar-refractivity contribution is -0.137. The van der Waals surface area contributed by atoms with Gasteiger partial charge in [-0.05, 0) is 73.5 Å². The number of ether oxygens (including phenoxy) is 1. The van der Waals surface area contributed by atoms with Gasteiger partial charge < -0.3 is 9.84 Å². The van der Waals surface area contributed by atoms with Crippen molar-refractivity contribution in [1.29, 1.82) is 0 Å². The van der Waals surface area contributed by atoms with Crippen molar-refractivity contribution in [3.8, 4) is 5.75 Å². The Morgan fingerprint density at radius 2 is 1.87 bits per heavy atom. The van der Waals surface area contributed by atoms with Gasteiger partial charge >= 0.3 is 6.18 Å². The van der Waals surface area contributed by atoms with Crippen molar-refractivity contribution in [1.82, 2.24) is 0 Å². The first-order valence-electron chi connectivity index (χ1n) is 11.8. The van der Waals surface area contributed by atoms with Crippen LogP contribution >= 0.6 is 0 Å². The molecule has 2 fully saturated rings. The molecule has 3 aliphatic rings. The lowest BCUT2D eigenvalue weighted by Gasteiger charge is -2.42. The Bertz CT molecular complexity index is 785. The van der Waals surface area contributed by atoms with Crippen LogP contribution in [0.15, 0.2) is 23.2 Å². The van der Waals surface area contributed by atoms with Gasteiger partial charge in [-0.1, -0.05) is 32.8 Å². The highest BCUT2D eigenvalue weighted by molar-refractivity contribution is 5.61. The molecule has 5 atom stereocenters. The number of aliphatic hydroxyl groups is 1. The normalized spacial score (nSPS) is 33.3. The second-order valence-electron chi connectivity index (χ2n) is 10.1. The van der Waals surface area contributed by atoms with Gasteiger partial charge in [0, 0.05) is 18.1 Å². The molecule has 1 aromatic rings. The van der Waals surface area contributed by atoms with Crippen molar-refractivity contribution in [3.05, 3.63) is 29.3 Å². The number of alkyl halides is 3. The number of hydrogen-bond acceptors (Lipinski definition) is 3. The molecule has 0 radical (unpaired) electrons. The molecule has 0 aromatic heterocycles. The van der Waals surface area contributed by atoms with Crippen LogP contribution < -0.4 is 4.74 Å². The Kier molecular flexibility index (Phi) is 6.66. The predicted octanol–water partition coefficient (Wildman–Crippen LogP) is 6.45. The van der Waals surface area contributed by atoms with Gasteiger partial charge in [0.2, 0.25) is 0 Å². The van der Waals surface area contributed by atoms with Crippen LogP contribution in [0.25, 0.3) is 0 Å². The largest absolute Gasteiger partial charge is 0.493 e. The monoisotopic (exact) mass is 437 g/mol. The topological polar surface area (TPSA) is 41.8 Å². The van der Waals surface area contributed by atoms with E-state index < -0.39 is 18.0 Å². The smallest absolute Gasteiger partial charge is 0.416 e. The van der Waals surface area contributed by atoms with Crippen molar-refractivity contribution >= 4 is 6.21 Å². The van der Waals surface area contributed by atoms with Gasteiger partial charge in [-0.2, -0.15) is 13.2 Å². The zero-order valence-corrected chi connectivity index (χ0v) is 18.4. The molecule has 172 valence electrons. The molecule has 0 saturated heterocycles. The average Bonchev–Trinajstić information content (AvgIpc) is 2.76. The van der Waals surface area contributed by atoms with Gasteiger partial charge in [-0.15, -0.1) is 0 Å². The molecular weight excluding hydrogens is 403 g/mol. The molecule has 1 N–H and O–H groups in total. The number of hydrogen-bond donors (Lipinski definition) is 1. The lowest BCUT2D eigenvalue weighted by atomic mass is 9.67. The molecule has 6 heteroatoms. The number of halogens is 3. The van der Waals surface area contributed by atoms with E-state index in [4.69, 9.17) is 4.74 Å². The minimum absolute atomic E-state index is 0.0636. The summed E-state index contributed by atoms with van der Waals surface area (Å²) in [6.45, 7) is 4.81. The van der Waals surface area contributed by atoms with Crippen LogP contribution in [-0.2, 0) is 6.18 Å². The van der Waals surface area contributed by atoms with Crippen molar-refractivity contribution < 1.29 is 23.0 Å². The summed E-state index contributed by atoms with van der Waals surface area (Å²) in [7, 11) is 0. The van der Waals surface area contributed by atoms with Gasteiger partial charge in [-0.3, -0.25) is 4.99 Å². The standard InChI is InChI=1S/C25H34F3NO2/c1-15-3-5-17(6-4-15)13-29-24(30)16(2)18-7-9-21-19(11-18)14-31-23-12-20(25(26,27)28)8-10-22(21)23/h8,10,12-13,15-19,21,24,30H,3-7,9,11,14H2,1-2H3/t15?,16-,17?,18+,19?,21+,24?/m1/s1. The molecule has 2 unspecified atom stereocenters. The van der Waals surface area contributed by atoms with E-state index in [9.17, 15) is 18.3 Å². The zero-order chi connectivity index (χ0) is 22.2. The number of fused-ring (bicyclic) bond motifs is 3. The van der Waals surface area contributed by atoms with E-state index in [1.807, 2.05) is 6.21 Å². The fourth-order valence-electron chi connectivity index (χ4n) is 5.73. The summed E-state index contributed by atoms with van der Waals surface area (Å²) < 4.78 is 44.8. The van der Waals surface area contributed by atoms with E-state index in [1.165, 1.54) is 18.9 Å². The second-order valence-corrected chi connectivity index (χ2v) is 10.1. The maximum atomic E-state index is 13.0. The Hall–Kier alpha value is -1.56. The molecule has 1 aromatic carbocycles. The summed E-state index contributed by atoms with van der Waals surface area (Å²) in [5.74, 6) is 2.59. The van der Waals surface area contributed by atoms with Crippen LogP contribution in [0.4, 0.5) is 13.2 Å². The molecule has 1 heterocycles. The van der Waals surface area contributed by atoms with Crippen molar-refractivity contribution in [3.63, 3.8) is 0 Å². The molecule has 4 rings (SSSR count). The maximum absolute atomic E-state index is 13.0. The Morgan fingerprint density at radius 1 is 1.13 bits per heavy atom. The Morgan fingerprint density at radius 3 is 2.58 bits per heavy atom. The molecular formula is C25H34F3NO2. The third-order valence-corrected chi connectivity index (χ3v) is 7.94. The summed E-state index contributed by atoms with van der Waals surface area (Å²) in [5, 5.41) is 10.7. The fourth-order valence-corrected chi connectivity index (χ4v) is 5.73. The van der Waals surface area contributed by atoms with Crippen LogP contribution in [-0.4, -0.2) is 24.2 Å². The highest BCUT2D eigenvalue weighted by Crippen LogP contribution is 2.49. The number of aliphatic imine (C=N–C) groups is 1. The molecule has 1 aliphatic heterocycles. The minimum Gasteiger partial charge on any atom is -0.493 e. The van der Waals surface area contributed by atoms with Crippen LogP contribution in [0.2, 0.25) is 0 Å². The van der Waals surface area contributed by atoms with E-state index in [0.29, 0.717) is 24.2 Å². The number of rotatable bonds is 4. The molecule has 0 bridgehead atoms. The summed E-state index contributed by atoms with van der Waals surface area (Å²) in [4.78, 5) is 4.51. The first-order chi connectivity index (χ1) is 14.7. The first-order valence-corrected chi connectivity index (χ1v) is 11.8. The van der Waals surface area contributed by atoms with E-state index in [1.54, 1.807) is 6.07 Å². The molecule has 31 heavy (non-hydrogen) atoms. The van der Waals surface area contributed by atoms with Gasteiger partial charge in [0.1, 0.15) is 12.0 Å². The van der Waals surface area contributed by atoms with Gasteiger partial charge in [0.15, 0.2) is 0 Å². The third kappa shape index (κ3) is 5.10. The summed E-state index contributed by atoms with van der Waals surface area (Å²) >= 11 is 0. The van der Waals surface area contributed by atoms with Crippen molar-refractivity contribution in [2.24, 2.45) is 34.6 Å². The lowest BCUT2D eigenvalue weighted by Crippen LogP contribution is -2.36. The van der Waals surface area contributed by atoms with Crippen LogP contribution in [0.1, 0.15) is 75.8 Å². The van der Waals surface area contributed by atoms with Gasteiger partial charge in [0.25, 0.3) is 0 Å². The minimum atomic E-state index is -4.35. The van der Waals surface area contributed by atoms with Crippen molar-refractivity contribution in [2.45, 2.75) is 77.1 Å². The van der Waals surface area contributed by atoms with E-state index in [-0.39, 0.29) is 17.8 Å². The van der Waals surface area contributed by atoms with Crippen LogP contribution in [0.5, 0.6) is 5.75 Å². The Balaban J connectivity index is 1.36. The number of nitrogens with zero attached hydrogens (tertiary/aromatic N) is 1. The SMILES string of the molecule is CC1CCC(C=NC(O)[C@H](C)[C@H]2CC[C@@H]3c4ccc(C(F)(F)F)cc4OCC3C2)CC1. The van der Waals surface area contributed by atoms with Gasteiger partial charge in [-0.25, -0.2) is 0 Å². The first kappa shape index (κ1) is 22.6. The molecule has 3 nitrogen and oxygen atoms in total. The zero-order valence-electron chi connectivity index (χ0n) is 18.4. The number of aliphatic hydroxyl groups excluding tert-OH is 1. The van der Waals surface area contributed by atoms with Crippen LogP contribution in [0, 0.1) is 29.6 Å². The van der Waals surface area contributed by atoms with E-state index in [2.05, 4.69) is 18.8 Å². The summed E-state index contributed by atoms with van der Waals surface area (Å²) in [6, 6.07) is 3.91. The maximum Gasteiger partial charge on any atom is 0.416 e. The van der Waals surface area contributed by atoms with Crippen molar-refractivity contribution in [2.75, 3.05) is 6.61 Å². The molecule has 2 saturated carbocycles. The Labute approximate surface area is 183 Å². The second kappa shape index (κ2) is 9.13. The summed E-state index contributed by atoms with van der Waals surface area (Å²) in [6.07, 6.45) is 4.52. The number of benzene rings is 1. The third-order valence-electron chi connectivity index (χ3n) is 7.94. The van der Waals surface area contributed by atoms with Crippen LogP contribution in [0.3, 0.4) is 0 Å². The highest BCUT2D eigenvalue weighted by atomic mass is 19.4.